The molecule has 2 fully saturated rings. The van der Waals surface area contributed by atoms with Crippen LogP contribution in [0.25, 0.3) is 0 Å². The van der Waals surface area contributed by atoms with E-state index < -0.39 is 0 Å². The van der Waals surface area contributed by atoms with Gasteiger partial charge in [-0.25, -0.2) is 0 Å². The highest BCUT2D eigenvalue weighted by molar-refractivity contribution is 5.69. The molecule has 3 nitrogen and oxygen atoms in total. The van der Waals surface area contributed by atoms with Crippen LogP contribution in [-0.2, 0) is 9.53 Å². The average Bonchev–Trinajstić information content (AvgIpc) is 2.00. The third-order valence-electron chi connectivity index (χ3n) is 3.91. The SMILES string of the molecule is COC(=O)CC1CC(O)C12CCC2. The summed E-state index contributed by atoms with van der Waals surface area (Å²) in [5.74, 6) is 0.242. The average molecular weight is 184 g/mol. The lowest BCUT2D eigenvalue weighted by Crippen LogP contribution is -2.57. The third kappa shape index (κ3) is 1.17. The Labute approximate surface area is 78.1 Å². The zero-order valence-corrected chi connectivity index (χ0v) is 7.95. The second-order valence-corrected chi connectivity index (χ2v) is 4.32. The molecule has 2 saturated carbocycles. The molecule has 3 heteroatoms. The van der Waals surface area contributed by atoms with Crippen molar-refractivity contribution < 1.29 is 14.6 Å². The van der Waals surface area contributed by atoms with Crippen LogP contribution in [0.4, 0.5) is 0 Å². The summed E-state index contributed by atoms with van der Waals surface area (Å²) in [4.78, 5) is 11.0. The van der Waals surface area contributed by atoms with Gasteiger partial charge in [-0.2, -0.15) is 0 Å². The fourth-order valence-corrected chi connectivity index (χ4v) is 2.75. The number of hydrogen-bond acceptors (Lipinski definition) is 3. The molecule has 2 aliphatic carbocycles. The Kier molecular flexibility index (Phi) is 2.06. The predicted molar refractivity (Wildman–Crippen MR) is 47.0 cm³/mol. The van der Waals surface area contributed by atoms with Crippen molar-refractivity contribution >= 4 is 5.97 Å². The van der Waals surface area contributed by atoms with Gasteiger partial charge < -0.3 is 9.84 Å². The maximum Gasteiger partial charge on any atom is 0.305 e. The molecule has 2 aliphatic rings. The van der Waals surface area contributed by atoms with Crippen molar-refractivity contribution in [2.45, 2.75) is 38.2 Å². The Bertz CT molecular complexity index is 220. The lowest BCUT2D eigenvalue weighted by molar-refractivity contribution is -0.181. The first kappa shape index (κ1) is 9.00. The monoisotopic (exact) mass is 184 g/mol. The molecule has 0 bridgehead atoms. The van der Waals surface area contributed by atoms with E-state index >= 15 is 0 Å². The largest absolute Gasteiger partial charge is 0.469 e. The minimum Gasteiger partial charge on any atom is -0.469 e. The molecule has 0 aromatic carbocycles. The van der Waals surface area contributed by atoms with Crippen molar-refractivity contribution in [3.8, 4) is 0 Å². The Hall–Kier alpha value is -0.570. The van der Waals surface area contributed by atoms with Crippen LogP contribution in [0.1, 0.15) is 32.1 Å². The summed E-state index contributed by atoms with van der Waals surface area (Å²) in [5, 5.41) is 9.62. The topological polar surface area (TPSA) is 46.5 Å². The van der Waals surface area contributed by atoms with E-state index in [9.17, 15) is 9.90 Å². The number of hydrogen-bond donors (Lipinski definition) is 1. The fourth-order valence-electron chi connectivity index (χ4n) is 2.75. The summed E-state index contributed by atoms with van der Waals surface area (Å²) >= 11 is 0. The van der Waals surface area contributed by atoms with Gasteiger partial charge in [0, 0.05) is 6.42 Å². The molecule has 74 valence electrons. The molecule has 0 amide bonds. The Balaban J connectivity index is 1.91. The van der Waals surface area contributed by atoms with E-state index in [0.29, 0.717) is 12.3 Å². The van der Waals surface area contributed by atoms with Crippen LogP contribution in [-0.4, -0.2) is 24.3 Å². The molecule has 0 aliphatic heterocycles. The molecule has 1 N–H and O–H groups in total. The van der Waals surface area contributed by atoms with Crippen molar-refractivity contribution in [3.63, 3.8) is 0 Å². The Morgan fingerprint density at radius 3 is 2.69 bits per heavy atom. The highest BCUT2D eigenvalue weighted by atomic mass is 16.5. The second-order valence-electron chi connectivity index (χ2n) is 4.32. The molecule has 2 atom stereocenters. The van der Waals surface area contributed by atoms with Crippen LogP contribution in [0.3, 0.4) is 0 Å². The number of aliphatic hydroxyl groups is 1. The normalized spacial score (nSPS) is 34.9. The van der Waals surface area contributed by atoms with E-state index in [4.69, 9.17) is 0 Å². The highest BCUT2D eigenvalue weighted by Gasteiger charge is 2.57. The molecule has 0 heterocycles. The minimum absolute atomic E-state index is 0.105. The van der Waals surface area contributed by atoms with E-state index in [0.717, 1.165) is 19.3 Å². The van der Waals surface area contributed by atoms with Crippen molar-refractivity contribution in [2.24, 2.45) is 11.3 Å². The zero-order valence-electron chi connectivity index (χ0n) is 7.95. The quantitative estimate of drug-likeness (QED) is 0.654. The number of carbonyl (C=O) groups excluding carboxylic acids is 1. The van der Waals surface area contributed by atoms with Gasteiger partial charge in [-0.15, -0.1) is 0 Å². The van der Waals surface area contributed by atoms with E-state index in [1.54, 1.807) is 0 Å². The fraction of sp³-hybridized carbons (Fsp3) is 0.900. The van der Waals surface area contributed by atoms with Crippen LogP contribution >= 0.6 is 0 Å². The van der Waals surface area contributed by atoms with Gasteiger partial charge in [0.1, 0.15) is 0 Å². The van der Waals surface area contributed by atoms with Gasteiger partial charge in [-0.05, 0) is 30.6 Å². The van der Waals surface area contributed by atoms with Crippen molar-refractivity contribution in [1.29, 1.82) is 0 Å². The predicted octanol–water partition coefficient (Wildman–Crippen LogP) is 1.10. The number of esters is 1. The van der Waals surface area contributed by atoms with Gasteiger partial charge in [0.2, 0.25) is 0 Å². The first-order valence-corrected chi connectivity index (χ1v) is 4.94. The molecule has 0 radical (unpaired) electrons. The van der Waals surface area contributed by atoms with E-state index in [1.807, 2.05) is 0 Å². The molecule has 2 rings (SSSR count). The molecule has 13 heavy (non-hydrogen) atoms. The minimum atomic E-state index is -0.157. The van der Waals surface area contributed by atoms with Gasteiger partial charge in [0.25, 0.3) is 0 Å². The van der Waals surface area contributed by atoms with Gasteiger partial charge >= 0.3 is 5.97 Å². The van der Waals surface area contributed by atoms with Crippen LogP contribution in [0, 0.1) is 11.3 Å². The van der Waals surface area contributed by atoms with Crippen molar-refractivity contribution in [1.82, 2.24) is 0 Å². The molecular formula is C10H16O3. The third-order valence-corrected chi connectivity index (χ3v) is 3.91. The molecule has 0 aromatic rings. The van der Waals surface area contributed by atoms with Gasteiger partial charge in [-0.3, -0.25) is 4.79 Å². The maximum absolute atomic E-state index is 11.0. The summed E-state index contributed by atoms with van der Waals surface area (Å²) in [7, 11) is 1.42. The Morgan fingerprint density at radius 2 is 2.31 bits per heavy atom. The Morgan fingerprint density at radius 1 is 1.62 bits per heavy atom. The summed E-state index contributed by atoms with van der Waals surface area (Å²) in [6, 6.07) is 0. The van der Waals surface area contributed by atoms with Gasteiger partial charge in [0.05, 0.1) is 13.2 Å². The van der Waals surface area contributed by atoms with Gasteiger partial charge in [0.15, 0.2) is 0 Å². The van der Waals surface area contributed by atoms with Crippen LogP contribution < -0.4 is 0 Å². The molecule has 1 spiro atoms. The summed E-state index contributed by atoms with van der Waals surface area (Å²) < 4.78 is 4.63. The summed E-state index contributed by atoms with van der Waals surface area (Å²) in [6.45, 7) is 0. The van der Waals surface area contributed by atoms with E-state index in [2.05, 4.69) is 4.74 Å². The number of rotatable bonds is 2. The zero-order chi connectivity index (χ0) is 9.47. The number of aliphatic hydroxyl groups excluding tert-OH is 1. The number of ether oxygens (including phenoxy) is 1. The van der Waals surface area contributed by atoms with Crippen LogP contribution in [0.2, 0.25) is 0 Å². The number of methoxy groups -OCH3 is 1. The molecule has 0 saturated heterocycles. The number of carbonyl (C=O) groups is 1. The van der Waals surface area contributed by atoms with Crippen molar-refractivity contribution in [2.75, 3.05) is 7.11 Å². The lowest BCUT2D eigenvalue weighted by Gasteiger charge is -2.59. The molecule has 0 aromatic heterocycles. The van der Waals surface area contributed by atoms with Crippen molar-refractivity contribution in [3.05, 3.63) is 0 Å². The molecule has 2 unspecified atom stereocenters. The van der Waals surface area contributed by atoms with E-state index in [-0.39, 0.29) is 17.5 Å². The van der Waals surface area contributed by atoms with Gasteiger partial charge in [-0.1, -0.05) is 6.42 Å². The summed E-state index contributed by atoms with van der Waals surface area (Å²) in [5.41, 5.74) is 0.105. The lowest BCUT2D eigenvalue weighted by atomic mass is 9.47. The van der Waals surface area contributed by atoms with E-state index in [1.165, 1.54) is 13.5 Å². The maximum atomic E-state index is 11.0. The highest BCUT2D eigenvalue weighted by Crippen LogP contribution is 2.60. The first-order valence-electron chi connectivity index (χ1n) is 4.94. The second kappa shape index (κ2) is 2.98. The first-order chi connectivity index (χ1) is 6.19. The summed E-state index contributed by atoms with van der Waals surface area (Å²) in [6.07, 6.45) is 4.51. The smallest absolute Gasteiger partial charge is 0.305 e. The van der Waals surface area contributed by atoms with Crippen LogP contribution in [0.15, 0.2) is 0 Å². The standard InChI is InChI=1S/C10H16O3/c1-13-9(12)6-7-5-8(11)10(7)3-2-4-10/h7-8,11H,2-6H2,1H3. The van der Waals surface area contributed by atoms with Crippen LogP contribution in [0.5, 0.6) is 0 Å². The molecular weight excluding hydrogens is 168 g/mol.